The number of aryl methyl sites for hydroxylation is 1. The van der Waals surface area contributed by atoms with Crippen molar-refractivity contribution in [3.8, 4) is 11.5 Å². The van der Waals surface area contributed by atoms with E-state index in [1.807, 2.05) is 63.2 Å². The summed E-state index contributed by atoms with van der Waals surface area (Å²) in [5.41, 5.74) is 2.70. The average Bonchev–Trinajstić information content (AvgIpc) is 3.08. The first kappa shape index (κ1) is 36.0. The second kappa shape index (κ2) is 16.8. The minimum absolute atomic E-state index is 0.0297. The number of nitrogens with zero attached hydrogens (tertiary/aromatic N) is 2. The van der Waals surface area contributed by atoms with Crippen molar-refractivity contribution in [1.29, 1.82) is 0 Å². The summed E-state index contributed by atoms with van der Waals surface area (Å²) in [6, 6.07) is 29.0. The molecule has 0 bridgehead atoms. The average molecular weight is 672 g/mol. The molecule has 0 saturated heterocycles. The van der Waals surface area contributed by atoms with Crippen LogP contribution >= 0.6 is 0 Å². The fourth-order valence-electron chi connectivity index (χ4n) is 5.24. The molecule has 9 nitrogen and oxygen atoms in total. The van der Waals surface area contributed by atoms with Crippen molar-refractivity contribution in [2.75, 3.05) is 31.1 Å². The number of hydrogen-bond donors (Lipinski definition) is 1. The lowest BCUT2D eigenvalue weighted by Crippen LogP contribution is -2.53. The Kier molecular flexibility index (Phi) is 12.6. The third-order valence-electron chi connectivity index (χ3n) is 7.76. The van der Waals surface area contributed by atoms with Gasteiger partial charge in [-0.25, -0.2) is 8.42 Å². The highest BCUT2D eigenvalue weighted by Crippen LogP contribution is 2.33. The van der Waals surface area contributed by atoms with Gasteiger partial charge in [-0.05, 0) is 67.3 Å². The van der Waals surface area contributed by atoms with Crippen LogP contribution in [0.25, 0.3) is 0 Å². The number of amides is 2. The maximum absolute atomic E-state index is 14.7. The molecule has 0 spiro atoms. The van der Waals surface area contributed by atoms with Crippen LogP contribution in [0.4, 0.5) is 5.69 Å². The Morgan fingerprint density at radius 2 is 1.52 bits per heavy atom. The number of methoxy groups -OCH3 is 1. The predicted molar refractivity (Wildman–Crippen MR) is 189 cm³/mol. The molecule has 0 fully saturated rings. The number of para-hydroxylation sites is 2. The largest absolute Gasteiger partial charge is 0.497 e. The van der Waals surface area contributed by atoms with Gasteiger partial charge < -0.3 is 19.7 Å². The second-order valence-electron chi connectivity index (χ2n) is 11.9. The normalized spacial score (nSPS) is 11.9. The molecule has 1 atom stereocenters. The molecule has 0 unspecified atom stereocenters. The van der Waals surface area contributed by atoms with Crippen LogP contribution in [0.3, 0.4) is 0 Å². The Labute approximate surface area is 284 Å². The number of nitrogens with one attached hydrogen (secondary N) is 1. The third-order valence-corrected chi connectivity index (χ3v) is 9.54. The zero-order chi connectivity index (χ0) is 34.7. The first-order valence-corrected chi connectivity index (χ1v) is 17.5. The first-order valence-electron chi connectivity index (χ1n) is 16.1. The van der Waals surface area contributed by atoms with Crippen LogP contribution in [-0.4, -0.2) is 58.0 Å². The van der Waals surface area contributed by atoms with Crippen LogP contribution in [-0.2, 0) is 32.6 Å². The molecule has 0 aliphatic carbocycles. The molecule has 0 aliphatic rings. The number of anilines is 1. The smallest absolute Gasteiger partial charge is 0.264 e. The van der Waals surface area contributed by atoms with Gasteiger partial charge in [-0.15, -0.1) is 0 Å². The maximum Gasteiger partial charge on any atom is 0.264 e. The van der Waals surface area contributed by atoms with Crippen LogP contribution in [0.2, 0.25) is 0 Å². The van der Waals surface area contributed by atoms with Crippen molar-refractivity contribution < 1.29 is 27.5 Å². The van der Waals surface area contributed by atoms with Gasteiger partial charge >= 0.3 is 0 Å². The van der Waals surface area contributed by atoms with Crippen molar-refractivity contribution in [2.45, 2.75) is 51.6 Å². The van der Waals surface area contributed by atoms with Crippen molar-refractivity contribution in [1.82, 2.24) is 10.2 Å². The lowest BCUT2D eigenvalue weighted by molar-refractivity contribution is -0.140. The van der Waals surface area contributed by atoms with Crippen LogP contribution in [0, 0.1) is 12.8 Å². The summed E-state index contributed by atoms with van der Waals surface area (Å²) in [4.78, 5) is 30.2. The molecule has 4 aromatic rings. The van der Waals surface area contributed by atoms with E-state index in [1.165, 1.54) is 17.0 Å². The molecule has 254 valence electrons. The topological polar surface area (TPSA) is 105 Å². The number of benzene rings is 4. The van der Waals surface area contributed by atoms with Crippen LogP contribution in [0.15, 0.2) is 108 Å². The molecule has 1 N–H and O–H groups in total. The summed E-state index contributed by atoms with van der Waals surface area (Å²) in [6.45, 7) is 7.84. The Morgan fingerprint density at radius 1 is 0.854 bits per heavy atom. The van der Waals surface area contributed by atoms with E-state index in [9.17, 15) is 18.0 Å². The lowest BCUT2D eigenvalue weighted by Gasteiger charge is -2.34. The number of carbonyl (C=O) groups excluding carboxylic acids is 2. The zero-order valence-corrected chi connectivity index (χ0v) is 29.1. The Bertz CT molecular complexity index is 1760. The van der Waals surface area contributed by atoms with E-state index >= 15 is 0 Å². The van der Waals surface area contributed by atoms with Crippen LogP contribution in [0.5, 0.6) is 11.5 Å². The minimum atomic E-state index is -4.26. The molecule has 0 saturated carbocycles. The highest BCUT2D eigenvalue weighted by atomic mass is 32.2. The van der Waals surface area contributed by atoms with E-state index in [0.29, 0.717) is 24.7 Å². The van der Waals surface area contributed by atoms with Gasteiger partial charge in [0, 0.05) is 19.5 Å². The van der Waals surface area contributed by atoms with Gasteiger partial charge in [-0.2, -0.15) is 0 Å². The summed E-state index contributed by atoms with van der Waals surface area (Å²) in [7, 11) is -2.71. The molecule has 0 aromatic heterocycles. The van der Waals surface area contributed by atoms with Gasteiger partial charge in [0.1, 0.15) is 24.1 Å². The van der Waals surface area contributed by atoms with E-state index in [1.54, 1.807) is 62.6 Å². The van der Waals surface area contributed by atoms with Crippen molar-refractivity contribution >= 4 is 27.5 Å². The molecule has 4 rings (SSSR count). The summed E-state index contributed by atoms with van der Waals surface area (Å²) >= 11 is 0. The summed E-state index contributed by atoms with van der Waals surface area (Å²) in [6.07, 6.45) is 0.223. The Balaban J connectivity index is 1.84. The summed E-state index contributed by atoms with van der Waals surface area (Å²) in [5, 5.41) is 3.01. The quantitative estimate of drug-likeness (QED) is 0.157. The zero-order valence-electron chi connectivity index (χ0n) is 28.3. The monoisotopic (exact) mass is 671 g/mol. The predicted octanol–water partition coefficient (Wildman–Crippen LogP) is 6.01. The molecular formula is C38H45N3O6S. The summed E-state index contributed by atoms with van der Waals surface area (Å²) in [5.74, 6) is 0.210. The van der Waals surface area contributed by atoms with E-state index in [-0.39, 0.29) is 35.4 Å². The molecule has 0 heterocycles. The van der Waals surface area contributed by atoms with Gasteiger partial charge in [0.2, 0.25) is 11.8 Å². The van der Waals surface area contributed by atoms with Crippen LogP contribution in [0.1, 0.15) is 37.5 Å². The van der Waals surface area contributed by atoms with E-state index in [0.717, 1.165) is 21.0 Å². The molecule has 4 aromatic carbocycles. The standard InChI is InChI=1S/C38H45N3O6S/c1-6-47-36-18-11-10-17-34(36)41(48(44,45)33-21-19-29(4)20-22-33)27-37(42)40(26-31-15-12-16-32(23-31)46-5)35(38(43)39-25-28(2)3)24-30-13-8-7-9-14-30/h7-23,28,35H,6,24-27H2,1-5H3,(H,39,43)/t35-/m1/s1. The third kappa shape index (κ3) is 9.38. The number of rotatable bonds is 16. The molecule has 0 aliphatic heterocycles. The Hall–Kier alpha value is -4.83. The SMILES string of the molecule is CCOc1ccccc1N(CC(=O)N(Cc1cccc(OC)c1)[C@H](Cc1ccccc1)C(=O)NCC(C)C)S(=O)(=O)c1ccc(C)cc1. The van der Waals surface area contributed by atoms with Gasteiger partial charge in [0.05, 0.1) is 24.3 Å². The number of ether oxygens (including phenoxy) is 2. The van der Waals surface area contributed by atoms with E-state index < -0.39 is 28.5 Å². The summed E-state index contributed by atoms with van der Waals surface area (Å²) < 4.78 is 41.1. The fraction of sp³-hybridized carbons (Fsp3) is 0.316. The van der Waals surface area contributed by atoms with E-state index in [2.05, 4.69) is 5.32 Å². The minimum Gasteiger partial charge on any atom is -0.497 e. The number of hydrogen-bond acceptors (Lipinski definition) is 6. The lowest BCUT2D eigenvalue weighted by atomic mass is 10.0. The first-order chi connectivity index (χ1) is 23.0. The Morgan fingerprint density at radius 3 is 2.19 bits per heavy atom. The second-order valence-corrected chi connectivity index (χ2v) is 13.8. The van der Waals surface area contributed by atoms with Gasteiger partial charge in [0.15, 0.2) is 0 Å². The van der Waals surface area contributed by atoms with Crippen molar-refractivity contribution in [2.24, 2.45) is 5.92 Å². The fourth-order valence-corrected chi connectivity index (χ4v) is 6.66. The molecule has 2 amide bonds. The van der Waals surface area contributed by atoms with Gasteiger partial charge in [0.25, 0.3) is 10.0 Å². The number of sulfonamides is 1. The molecular weight excluding hydrogens is 627 g/mol. The van der Waals surface area contributed by atoms with Crippen molar-refractivity contribution in [3.05, 3.63) is 120 Å². The highest BCUT2D eigenvalue weighted by Gasteiger charge is 2.35. The maximum atomic E-state index is 14.7. The highest BCUT2D eigenvalue weighted by molar-refractivity contribution is 7.92. The molecule has 10 heteroatoms. The molecule has 0 radical (unpaired) electrons. The van der Waals surface area contributed by atoms with E-state index in [4.69, 9.17) is 9.47 Å². The number of carbonyl (C=O) groups is 2. The van der Waals surface area contributed by atoms with Gasteiger partial charge in [-0.3, -0.25) is 13.9 Å². The van der Waals surface area contributed by atoms with Crippen molar-refractivity contribution in [3.63, 3.8) is 0 Å². The molecule has 48 heavy (non-hydrogen) atoms. The van der Waals surface area contributed by atoms with Crippen LogP contribution < -0.4 is 19.1 Å². The van der Waals surface area contributed by atoms with Gasteiger partial charge in [-0.1, -0.05) is 86.1 Å².